The Morgan fingerprint density at radius 1 is 0.814 bits per heavy atom. The molecule has 0 fully saturated rings. The van der Waals surface area contributed by atoms with E-state index in [1.807, 2.05) is 0 Å². The molecule has 0 aromatic heterocycles. The third-order valence-corrected chi connectivity index (χ3v) is 5.68. The SMILES string of the molecule is CCOC(=O)c1ccc(NC(=O)COc2ccc(C=NNC(=O)CNC(=O)Cc3ccc(OC)cc3)cc2OCC)cc1. The van der Waals surface area contributed by atoms with Gasteiger partial charge in [-0.05, 0) is 79.6 Å². The molecule has 0 unspecified atom stereocenters. The molecule has 3 aromatic rings. The molecule has 0 aliphatic heterocycles. The van der Waals surface area contributed by atoms with Crippen molar-refractivity contribution in [3.63, 3.8) is 0 Å². The number of benzene rings is 3. The van der Waals surface area contributed by atoms with Crippen molar-refractivity contribution < 1.29 is 38.1 Å². The fraction of sp³-hybridized carbons (Fsp3) is 0.258. The molecular formula is C31H34N4O8. The Labute approximate surface area is 249 Å². The number of carbonyl (C=O) groups is 4. The van der Waals surface area contributed by atoms with Gasteiger partial charge in [0.25, 0.3) is 11.8 Å². The van der Waals surface area contributed by atoms with Gasteiger partial charge in [0, 0.05) is 5.69 Å². The van der Waals surface area contributed by atoms with Crippen LogP contribution in [0.15, 0.2) is 71.8 Å². The largest absolute Gasteiger partial charge is 0.497 e. The van der Waals surface area contributed by atoms with Gasteiger partial charge in [-0.15, -0.1) is 0 Å². The van der Waals surface area contributed by atoms with Gasteiger partial charge < -0.3 is 29.6 Å². The topological polar surface area (TPSA) is 154 Å². The number of amides is 3. The van der Waals surface area contributed by atoms with Gasteiger partial charge in [0.2, 0.25) is 5.91 Å². The van der Waals surface area contributed by atoms with Crippen LogP contribution >= 0.6 is 0 Å². The minimum Gasteiger partial charge on any atom is -0.497 e. The molecule has 0 saturated carbocycles. The molecule has 12 nitrogen and oxygen atoms in total. The first-order valence-corrected chi connectivity index (χ1v) is 13.5. The third-order valence-electron chi connectivity index (χ3n) is 5.68. The maximum absolute atomic E-state index is 12.4. The van der Waals surface area contributed by atoms with Crippen molar-refractivity contribution in [1.82, 2.24) is 10.7 Å². The van der Waals surface area contributed by atoms with E-state index in [0.29, 0.717) is 40.7 Å². The second-order valence-electron chi connectivity index (χ2n) is 8.87. The van der Waals surface area contributed by atoms with Crippen LogP contribution in [0.1, 0.15) is 35.3 Å². The number of esters is 1. The van der Waals surface area contributed by atoms with Crippen LogP contribution in [0.2, 0.25) is 0 Å². The average Bonchev–Trinajstić information content (AvgIpc) is 3.00. The summed E-state index contributed by atoms with van der Waals surface area (Å²) in [6, 6.07) is 18.3. The number of hydrazone groups is 1. The summed E-state index contributed by atoms with van der Waals surface area (Å²) in [5.41, 5.74) is 4.63. The lowest BCUT2D eigenvalue weighted by Gasteiger charge is -2.13. The number of carbonyl (C=O) groups excluding carboxylic acids is 4. The summed E-state index contributed by atoms with van der Waals surface area (Å²) in [6.45, 7) is 3.64. The maximum Gasteiger partial charge on any atom is 0.338 e. The number of rotatable bonds is 15. The van der Waals surface area contributed by atoms with Crippen LogP contribution in [-0.4, -0.2) is 63.4 Å². The molecule has 0 saturated heterocycles. The molecule has 0 spiro atoms. The smallest absolute Gasteiger partial charge is 0.338 e. The molecule has 3 rings (SSSR count). The molecule has 43 heavy (non-hydrogen) atoms. The molecule has 0 bridgehead atoms. The van der Waals surface area contributed by atoms with Crippen molar-refractivity contribution >= 4 is 35.6 Å². The van der Waals surface area contributed by atoms with E-state index in [4.69, 9.17) is 18.9 Å². The lowest BCUT2D eigenvalue weighted by molar-refractivity contribution is -0.125. The van der Waals surface area contributed by atoms with E-state index in [0.717, 1.165) is 5.56 Å². The van der Waals surface area contributed by atoms with Crippen LogP contribution in [0.4, 0.5) is 5.69 Å². The highest BCUT2D eigenvalue weighted by Gasteiger charge is 2.11. The van der Waals surface area contributed by atoms with E-state index in [1.165, 1.54) is 6.21 Å². The highest BCUT2D eigenvalue weighted by atomic mass is 16.5. The summed E-state index contributed by atoms with van der Waals surface area (Å²) in [5, 5.41) is 9.17. The minimum atomic E-state index is -0.495. The number of methoxy groups -OCH3 is 1. The summed E-state index contributed by atoms with van der Waals surface area (Å²) < 4.78 is 21.3. The second-order valence-corrected chi connectivity index (χ2v) is 8.87. The highest BCUT2D eigenvalue weighted by Crippen LogP contribution is 2.28. The van der Waals surface area contributed by atoms with Gasteiger partial charge in [0.05, 0.1) is 45.1 Å². The number of hydrogen-bond donors (Lipinski definition) is 3. The molecule has 0 atom stereocenters. The number of hydrogen-bond acceptors (Lipinski definition) is 9. The van der Waals surface area contributed by atoms with E-state index in [1.54, 1.807) is 87.7 Å². The van der Waals surface area contributed by atoms with E-state index in [-0.39, 0.29) is 32.1 Å². The number of anilines is 1. The fourth-order valence-corrected chi connectivity index (χ4v) is 3.63. The molecule has 0 heterocycles. The lowest BCUT2D eigenvalue weighted by Crippen LogP contribution is -2.35. The quantitative estimate of drug-likeness (QED) is 0.139. The van der Waals surface area contributed by atoms with Gasteiger partial charge in [0.15, 0.2) is 18.1 Å². The van der Waals surface area contributed by atoms with E-state index in [2.05, 4.69) is 21.2 Å². The summed E-state index contributed by atoms with van der Waals surface area (Å²) >= 11 is 0. The van der Waals surface area contributed by atoms with Gasteiger partial charge in [-0.3, -0.25) is 14.4 Å². The Morgan fingerprint density at radius 3 is 2.23 bits per heavy atom. The van der Waals surface area contributed by atoms with Gasteiger partial charge >= 0.3 is 5.97 Å². The normalized spacial score (nSPS) is 10.5. The van der Waals surface area contributed by atoms with E-state index >= 15 is 0 Å². The first-order chi connectivity index (χ1) is 20.8. The van der Waals surface area contributed by atoms with Crippen molar-refractivity contribution in [3.05, 3.63) is 83.4 Å². The van der Waals surface area contributed by atoms with Crippen molar-refractivity contribution in [1.29, 1.82) is 0 Å². The van der Waals surface area contributed by atoms with Crippen LogP contribution in [0.3, 0.4) is 0 Å². The van der Waals surface area contributed by atoms with Gasteiger partial charge in [0.1, 0.15) is 5.75 Å². The number of ether oxygens (including phenoxy) is 4. The summed E-state index contributed by atoms with van der Waals surface area (Å²) in [6.07, 6.45) is 1.54. The second kappa shape index (κ2) is 16.8. The van der Waals surface area contributed by atoms with Crippen LogP contribution in [-0.2, 0) is 25.5 Å². The van der Waals surface area contributed by atoms with E-state index < -0.39 is 17.8 Å². The monoisotopic (exact) mass is 590 g/mol. The predicted molar refractivity (Wildman–Crippen MR) is 160 cm³/mol. The molecular weight excluding hydrogens is 556 g/mol. The molecule has 0 aliphatic carbocycles. The van der Waals surface area contributed by atoms with Crippen molar-refractivity contribution in [3.8, 4) is 17.2 Å². The summed E-state index contributed by atoms with van der Waals surface area (Å²) in [5.74, 6) is -0.223. The zero-order valence-corrected chi connectivity index (χ0v) is 24.2. The fourth-order valence-electron chi connectivity index (χ4n) is 3.63. The highest BCUT2D eigenvalue weighted by molar-refractivity contribution is 5.94. The predicted octanol–water partition coefficient (Wildman–Crippen LogP) is 3.10. The first-order valence-electron chi connectivity index (χ1n) is 13.5. The Balaban J connectivity index is 1.46. The van der Waals surface area contributed by atoms with Crippen molar-refractivity contribution in [2.75, 3.05) is 38.8 Å². The van der Waals surface area contributed by atoms with Crippen LogP contribution in [0.25, 0.3) is 0 Å². The Hall–Kier alpha value is -5.39. The summed E-state index contributed by atoms with van der Waals surface area (Å²) in [4.78, 5) is 48.4. The van der Waals surface area contributed by atoms with Crippen LogP contribution in [0.5, 0.6) is 17.2 Å². The molecule has 0 aliphatic rings. The van der Waals surface area contributed by atoms with E-state index in [9.17, 15) is 19.2 Å². The van der Waals surface area contributed by atoms with Gasteiger partial charge in [-0.2, -0.15) is 5.10 Å². The molecule has 3 aromatic carbocycles. The molecule has 3 N–H and O–H groups in total. The number of nitrogens with one attached hydrogen (secondary N) is 3. The molecule has 3 amide bonds. The summed E-state index contributed by atoms with van der Waals surface area (Å²) in [7, 11) is 1.56. The third kappa shape index (κ3) is 10.8. The maximum atomic E-state index is 12.4. The Kier molecular flexibility index (Phi) is 12.5. The zero-order valence-electron chi connectivity index (χ0n) is 24.2. The average molecular weight is 591 g/mol. The van der Waals surface area contributed by atoms with Gasteiger partial charge in [-0.25, -0.2) is 10.2 Å². The van der Waals surface area contributed by atoms with Crippen molar-refractivity contribution in [2.24, 2.45) is 5.10 Å². The van der Waals surface area contributed by atoms with Crippen LogP contribution in [0, 0.1) is 0 Å². The Bertz CT molecular complexity index is 1420. The van der Waals surface area contributed by atoms with Crippen molar-refractivity contribution in [2.45, 2.75) is 20.3 Å². The van der Waals surface area contributed by atoms with Crippen LogP contribution < -0.4 is 30.3 Å². The minimum absolute atomic E-state index is 0.126. The first kappa shape index (κ1) is 32.1. The molecule has 226 valence electrons. The molecule has 0 radical (unpaired) electrons. The molecule has 12 heteroatoms. The lowest BCUT2D eigenvalue weighted by atomic mass is 10.1. The zero-order chi connectivity index (χ0) is 31.0. The Morgan fingerprint density at radius 2 is 1.56 bits per heavy atom. The number of nitrogens with zero attached hydrogens (tertiary/aromatic N) is 1. The van der Waals surface area contributed by atoms with Gasteiger partial charge in [-0.1, -0.05) is 12.1 Å². The standard InChI is InChI=1S/C31H34N4O8/c1-4-41-27-16-22(18-33-35-29(37)19-32-28(36)17-21-6-13-25(40-3)14-7-21)8-15-26(27)43-20-30(38)34-24-11-9-23(10-12-24)31(39)42-5-2/h6-16,18H,4-5,17,19-20H2,1-3H3,(H,32,36)(H,34,38)(H,35,37).